The SMILES string of the molecule is CCOC(=O)CCCOC(=O)c1c(Cl)cccc1Cl. The summed E-state index contributed by atoms with van der Waals surface area (Å²) in [5.41, 5.74) is 0.141. The molecule has 19 heavy (non-hydrogen) atoms. The zero-order valence-electron chi connectivity index (χ0n) is 10.4. The maximum absolute atomic E-state index is 11.7. The van der Waals surface area contributed by atoms with Crippen LogP contribution in [0, 0.1) is 0 Å². The molecule has 0 aliphatic heterocycles. The lowest BCUT2D eigenvalue weighted by Crippen LogP contribution is -2.10. The second kappa shape index (κ2) is 8.02. The summed E-state index contributed by atoms with van der Waals surface area (Å²) in [6, 6.07) is 4.76. The molecule has 1 aromatic rings. The van der Waals surface area contributed by atoms with Crippen LogP contribution in [0.25, 0.3) is 0 Å². The first-order chi connectivity index (χ1) is 9.06. The molecule has 0 saturated carbocycles. The highest BCUT2D eigenvalue weighted by molar-refractivity contribution is 6.39. The van der Waals surface area contributed by atoms with Gasteiger partial charge in [-0.1, -0.05) is 29.3 Å². The van der Waals surface area contributed by atoms with Gasteiger partial charge in [0.2, 0.25) is 0 Å². The van der Waals surface area contributed by atoms with Gasteiger partial charge in [0.1, 0.15) is 0 Å². The minimum Gasteiger partial charge on any atom is -0.466 e. The highest BCUT2D eigenvalue weighted by atomic mass is 35.5. The van der Waals surface area contributed by atoms with Gasteiger partial charge in [-0.2, -0.15) is 0 Å². The van der Waals surface area contributed by atoms with Crippen molar-refractivity contribution in [1.29, 1.82) is 0 Å². The summed E-state index contributed by atoms with van der Waals surface area (Å²) in [5, 5.41) is 0.478. The second-order valence-corrected chi connectivity index (χ2v) is 4.46. The Morgan fingerprint density at radius 1 is 1.16 bits per heavy atom. The van der Waals surface area contributed by atoms with Crippen molar-refractivity contribution in [2.24, 2.45) is 0 Å². The Balaban J connectivity index is 2.42. The van der Waals surface area contributed by atoms with Crippen molar-refractivity contribution in [3.8, 4) is 0 Å². The topological polar surface area (TPSA) is 52.6 Å². The lowest BCUT2D eigenvalue weighted by atomic mass is 10.2. The van der Waals surface area contributed by atoms with Gasteiger partial charge in [-0.3, -0.25) is 4.79 Å². The molecule has 0 fully saturated rings. The number of esters is 2. The Labute approximate surface area is 121 Å². The van der Waals surface area contributed by atoms with E-state index >= 15 is 0 Å². The molecule has 0 saturated heterocycles. The van der Waals surface area contributed by atoms with Crippen molar-refractivity contribution in [3.05, 3.63) is 33.8 Å². The van der Waals surface area contributed by atoms with Gasteiger partial charge in [0, 0.05) is 6.42 Å². The van der Waals surface area contributed by atoms with E-state index in [1.165, 1.54) is 0 Å². The van der Waals surface area contributed by atoms with E-state index in [9.17, 15) is 9.59 Å². The van der Waals surface area contributed by atoms with E-state index in [0.29, 0.717) is 13.0 Å². The zero-order chi connectivity index (χ0) is 14.3. The minimum atomic E-state index is -0.598. The fourth-order valence-electron chi connectivity index (χ4n) is 1.38. The van der Waals surface area contributed by atoms with Crippen LogP contribution in [-0.2, 0) is 14.3 Å². The number of carbonyl (C=O) groups excluding carboxylic acids is 2. The van der Waals surface area contributed by atoms with Crippen LogP contribution >= 0.6 is 23.2 Å². The summed E-state index contributed by atoms with van der Waals surface area (Å²) < 4.78 is 9.75. The molecule has 104 valence electrons. The van der Waals surface area contributed by atoms with Crippen molar-refractivity contribution in [2.45, 2.75) is 19.8 Å². The second-order valence-electron chi connectivity index (χ2n) is 3.64. The summed E-state index contributed by atoms with van der Waals surface area (Å²) in [6.07, 6.45) is 0.601. The minimum absolute atomic E-state index is 0.110. The Hall–Kier alpha value is -1.26. The van der Waals surface area contributed by atoms with Crippen LogP contribution in [0.2, 0.25) is 10.0 Å². The van der Waals surface area contributed by atoms with Crippen LogP contribution < -0.4 is 0 Å². The van der Waals surface area contributed by atoms with Crippen LogP contribution in [-0.4, -0.2) is 25.2 Å². The van der Waals surface area contributed by atoms with Gasteiger partial charge in [0.05, 0.1) is 28.8 Å². The molecule has 6 heteroatoms. The third kappa shape index (κ3) is 5.09. The molecule has 0 radical (unpaired) electrons. The molecule has 4 nitrogen and oxygen atoms in total. The van der Waals surface area contributed by atoms with Gasteiger partial charge in [-0.15, -0.1) is 0 Å². The van der Waals surface area contributed by atoms with Crippen molar-refractivity contribution in [2.75, 3.05) is 13.2 Å². The number of rotatable bonds is 6. The summed E-state index contributed by atoms with van der Waals surface area (Å²) in [4.78, 5) is 22.8. The fraction of sp³-hybridized carbons (Fsp3) is 0.385. The average Bonchev–Trinajstić information content (AvgIpc) is 2.35. The number of benzene rings is 1. The molecule has 0 aliphatic carbocycles. The Kier molecular flexibility index (Phi) is 6.67. The van der Waals surface area contributed by atoms with E-state index in [2.05, 4.69) is 0 Å². The van der Waals surface area contributed by atoms with E-state index < -0.39 is 5.97 Å². The summed E-state index contributed by atoms with van der Waals surface area (Å²) in [7, 11) is 0. The molecule has 0 heterocycles. The van der Waals surface area contributed by atoms with Crippen molar-refractivity contribution >= 4 is 35.1 Å². The molecule has 1 aromatic carbocycles. The van der Waals surface area contributed by atoms with Crippen molar-refractivity contribution in [1.82, 2.24) is 0 Å². The normalized spacial score (nSPS) is 10.1. The average molecular weight is 305 g/mol. The Morgan fingerprint density at radius 2 is 1.79 bits per heavy atom. The van der Waals surface area contributed by atoms with Crippen LogP contribution in [0.3, 0.4) is 0 Å². The monoisotopic (exact) mass is 304 g/mol. The maximum Gasteiger partial charge on any atom is 0.341 e. The van der Waals surface area contributed by atoms with E-state index in [0.717, 1.165) is 0 Å². The number of carbonyl (C=O) groups is 2. The maximum atomic E-state index is 11.7. The molecule has 0 aliphatic rings. The largest absolute Gasteiger partial charge is 0.466 e. The Morgan fingerprint density at radius 3 is 2.37 bits per heavy atom. The van der Waals surface area contributed by atoms with E-state index in [-0.39, 0.29) is 34.6 Å². The molecule has 0 amide bonds. The van der Waals surface area contributed by atoms with E-state index in [4.69, 9.17) is 32.7 Å². The Bertz CT molecular complexity index is 440. The fourth-order valence-corrected chi connectivity index (χ4v) is 1.93. The van der Waals surface area contributed by atoms with Crippen molar-refractivity contribution < 1.29 is 19.1 Å². The van der Waals surface area contributed by atoms with Crippen LogP contribution in [0.15, 0.2) is 18.2 Å². The van der Waals surface area contributed by atoms with Gasteiger partial charge in [0.25, 0.3) is 0 Å². The molecule has 0 atom stereocenters. The molecular weight excluding hydrogens is 291 g/mol. The number of hydrogen-bond donors (Lipinski definition) is 0. The van der Waals surface area contributed by atoms with Crippen LogP contribution in [0.1, 0.15) is 30.1 Å². The molecule has 0 spiro atoms. The number of halogens is 2. The third-order valence-electron chi connectivity index (χ3n) is 2.23. The van der Waals surface area contributed by atoms with E-state index in [1.54, 1.807) is 25.1 Å². The smallest absolute Gasteiger partial charge is 0.341 e. The molecule has 0 bridgehead atoms. The molecule has 1 rings (SSSR count). The summed E-state index contributed by atoms with van der Waals surface area (Å²) in [5.74, 6) is -0.909. The zero-order valence-corrected chi connectivity index (χ0v) is 12.0. The highest BCUT2D eigenvalue weighted by Gasteiger charge is 2.15. The third-order valence-corrected chi connectivity index (χ3v) is 2.86. The van der Waals surface area contributed by atoms with Crippen LogP contribution in [0.5, 0.6) is 0 Å². The molecule has 0 N–H and O–H groups in total. The van der Waals surface area contributed by atoms with Gasteiger partial charge >= 0.3 is 11.9 Å². The lowest BCUT2D eigenvalue weighted by molar-refractivity contribution is -0.143. The number of ether oxygens (including phenoxy) is 2. The standard InChI is InChI=1S/C13H14Cl2O4/c1-2-18-11(16)7-4-8-19-13(17)12-9(14)5-3-6-10(12)15/h3,5-6H,2,4,7-8H2,1H3. The summed E-state index contributed by atoms with van der Waals surface area (Å²) in [6.45, 7) is 2.18. The predicted molar refractivity (Wildman–Crippen MR) is 72.6 cm³/mol. The first-order valence-electron chi connectivity index (χ1n) is 5.83. The van der Waals surface area contributed by atoms with Gasteiger partial charge < -0.3 is 9.47 Å². The number of hydrogen-bond acceptors (Lipinski definition) is 4. The first kappa shape index (κ1) is 15.8. The van der Waals surface area contributed by atoms with Gasteiger partial charge in [-0.25, -0.2) is 4.79 Å². The van der Waals surface area contributed by atoms with Crippen molar-refractivity contribution in [3.63, 3.8) is 0 Å². The highest BCUT2D eigenvalue weighted by Crippen LogP contribution is 2.24. The first-order valence-corrected chi connectivity index (χ1v) is 6.58. The van der Waals surface area contributed by atoms with Gasteiger partial charge in [0.15, 0.2) is 0 Å². The molecular formula is C13H14Cl2O4. The molecule has 0 aromatic heterocycles. The molecule has 0 unspecified atom stereocenters. The van der Waals surface area contributed by atoms with Crippen LogP contribution in [0.4, 0.5) is 0 Å². The lowest BCUT2D eigenvalue weighted by Gasteiger charge is -2.07. The summed E-state index contributed by atoms with van der Waals surface area (Å²) >= 11 is 11.7. The predicted octanol–water partition coefficient (Wildman–Crippen LogP) is 3.49. The quantitative estimate of drug-likeness (QED) is 0.596. The van der Waals surface area contributed by atoms with Gasteiger partial charge in [-0.05, 0) is 25.5 Å². The van der Waals surface area contributed by atoms with E-state index in [1.807, 2.05) is 0 Å².